The van der Waals surface area contributed by atoms with Gasteiger partial charge in [0.2, 0.25) is 5.91 Å². The summed E-state index contributed by atoms with van der Waals surface area (Å²) in [5.74, 6) is 0.149. The van der Waals surface area contributed by atoms with Crippen LogP contribution in [-0.4, -0.2) is 43.7 Å². The van der Waals surface area contributed by atoms with Crippen LogP contribution in [-0.2, 0) is 16.1 Å². The molecule has 1 N–H and O–H groups in total. The molecule has 0 aromatic heterocycles. The Labute approximate surface area is 115 Å². The molecule has 5 heteroatoms. The van der Waals surface area contributed by atoms with E-state index in [1.807, 2.05) is 29.2 Å². The minimum absolute atomic E-state index is 0.149. The number of nitrogens with one attached hydrogen (secondary N) is 1. The summed E-state index contributed by atoms with van der Waals surface area (Å²) in [5, 5.41) is 3.17. The van der Waals surface area contributed by atoms with E-state index in [1.54, 1.807) is 0 Å². The standard InChI is InChI=1S/C13H17BrN2O2/c14-12-3-1-11(2-4-12)9-15-10-13(17)16-5-7-18-8-6-16/h1-4,15H,5-10H2. The van der Waals surface area contributed by atoms with Gasteiger partial charge in [-0.15, -0.1) is 0 Å². The van der Waals surface area contributed by atoms with E-state index in [0.717, 1.165) is 4.47 Å². The predicted molar refractivity (Wildman–Crippen MR) is 73.2 cm³/mol. The molecule has 0 spiro atoms. The van der Waals surface area contributed by atoms with Crippen LogP contribution in [0.25, 0.3) is 0 Å². The SMILES string of the molecule is O=C(CNCc1ccc(Br)cc1)N1CCOCC1. The number of benzene rings is 1. The van der Waals surface area contributed by atoms with Gasteiger partial charge in [0.25, 0.3) is 0 Å². The summed E-state index contributed by atoms with van der Waals surface area (Å²) in [7, 11) is 0. The maximum atomic E-state index is 11.8. The minimum Gasteiger partial charge on any atom is -0.378 e. The average Bonchev–Trinajstić information content (AvgIpc) is 2.42. The van der Waals surface area contributed by atoms with Gasteiger partial charge in [-0.25, -0.2) is 0 Å². The fourth-order valence-electron chi connectivity index (χ4n) is 1.84. The number of amides is 1. The zero-order valence-electron chi connectivity index (χ0n) is 10.2. The van der Waals surface area contributed by atoms with Crippen LogP contribution in [0, 0.1) is 0 Å². The zero-order chi connectivity index (χ0) is 12.8. The molecule has 1 aromatic carbocycles. The summed E-state index contributed by atoms with van der Waals surface area (Å²) >= 11 is 3.40. The van der Waals surface area contributed by atoms with Gasteiger partial charge in [0.1, 0.15) is 0 Å². The van der Waals surface area contributed by atoms with E-state index in [9.17, 15) is 4.79 Å². The molecule has 0 saturated carbocycles. The topological polar surface area (TPSA) is 41.6 Å². The Bertz CT molecular complexity index is 388. The predicted octanol–water partition coefficient (Wildman–Crippen LogP) is 1.40. The molecule has 4 nitrogen and oxygen atoms in total. The summed E-state index contributed by atoms with van der Waals surface area (Å²) in [4.78, 5) is 13.7. The summed E-state index contributed by atoms with van der Waals surface area (Å²) in [6.45, 7) is 3.81. The van der Waals surface area contributed by atoms with E-state index in [0.29, 0.717) is 39.4 Å². The largest absolute Gasteiger partial charge is 0.378 e. The van der Waals surface area contributed by atoms with Crippen molar-refractivity contribution in [2.75, 3.05) is 32.8 Å². The van der Waals surface area contributed by atoms with Gasteiger partial charge in [0, 0.05) is 24.1 Å². The molecule has 0 bridgehead atoms. The molecule has 1 aromatic rings. The molecule has 98 valence electrons. The maximum absolute atomic E-state index is 11.8. The number of ether oxygens (including phenoxy) is 1. The second kappa shape index (κ2) is 6.87. The number of carbonyl (C=O) groups is 1. The molecule has 18 heavy (non-hydrogen) atoms. The van der Waals surface area contributed by atoms with Gasteiger partial charge in [-0.2, -0.15) is 0 Å². The Hall–Kier alpha value is -0.910. The number of nitrogens with zero attached hydrogens (tertiary/aromatic N) is 1. The Morgan fingerprint density at radius 1 is 1.28 bits per heavy atom. The van der Waals surface area contributed by atoms with Crippen molar-refractivity contribution in [2.45, 2.75) is 6.54 Å². The number of rotatable bonds is 4. The molecule has 0 unspecified atom stereocenters. The van der Waals surface area contributed by atoms with Crippen LogP contribution in [0.15, 0.2) is 28.7 Å². The second-order valence-electron chi connectivity index (χ2n) is 4.22. The van der Waals surface area contributed by atoms with Crippen molar-refractivity contribution in [1.29, 1.82) is 0 Å². The Morgan fingerprint density at radius 2 is 1.94 bits per heavy atom. The van der Waals surface area contributed by atoms with E-state index in [2.05, 4.69) is 21.2 Å². The fourth-order valence-corrected chi connectivity index (χ4v) is 2.10. The fraction of sp³-hybridized carbons (Fsp3) is 0.462. The first-order chi connectivity index (χ1) is 8.75. The highest BCUT2D eigenvalue weighted by Crippen LogP contribution is 2.10. The Kier molecular flexibility index (Phi) is 5.16. The van der Waals surface area contributed by atoms with Gasteiger partial charge in [-0.3, -0.25) is 4.79 Å². The second-order valence-corrected chi connectivity index (χ2v) is 5.14. The molecule has 1 aliphatic rings. The lowest BCUT2D eigenvalue weighted by molar-refractivity contribution is -0.134. The first-order valence-corrected chi connectivity index (χ1v) is 6.86. The van der Waals surface area contributed by atoms with E-state index < -0.39 is 0 Å². The van der Waals surface area contributed by atoms with E-state index >= 15 is 0 Å². The molecular formula is C13H17BrN2O2. The molecule has 0 aliphatic carbocycles. The summed E-state index contributed by atoms with van der Waals surface area (Å²) in [6, 6.07) is 8.08. The summed E-state index contributed by atoms with van der Waals surface area (Å²) in [5.41, 5.74) is 1.17. The van der Waals surface area contributed by atoms with E-state index in [-0.39, 0.29) is 5.91 Å². The van der Waals surface area contributed by atoms with Gasteiger partial charge >= 0.3 is 0 Å². The van der Waals surface area contributed by atoms with Gasteiger partial charge in [0.05, 0.1) is 19.8 Å². The normalized spacial score (nSPS) is 15.7. The number of halogens is 1. The summed E-state index contributed by atoms with van der Waals surface area (Å²) in [6.07, 6.45) is 0. The molecule has 1 aliphatic heterocycles. The first kappa shape index (κ1) is 13.5. The molecule has 1 amide bonds. The van der Waals surface area contributed by atoms with Crippen LogP contribution in [0.5, 0.6) is 0 Å². The van der Waals surface area contributed by atoms with Crippen molar-refractivity contribution in [3.63, 3.8) is 0 Å². The smallest absolute Gasteiger partial charge is 0.236 e. The van der Waals surface area contributed by atoms with Crippen LogP contribution in [0.1, 0.15) is 5.56 Å². The van der Waals surface area contributed by atoms with Gasteiger partial charge < -0.3 is 15.0 Å². The number of morpholine rings is 1. The van der Waals surface area contributed by atoms with Crippen LogP contribution < -0.4 is 5.32 Å². The van der Waals surface area contributed by atoms with Crippen molar-refractivity contribution in [3.8, 4) is 0 Å². The highest BCUT2D eigenvalue weighted by atomic mass is 79.9. The maximum Gasteiger partial charge on any atom is 0.236 e. The molecular weight excluding hydrogens is 296 g/mol. The van der Waals surface area contributed by atoms with Crippen LogP contribution >= 0.6 is 15.9 Å². The van der Waals surface area contributed by atoms with Crippen molar-refractivity contribution in [1.82, 2.24) is 10.2 Å². The highest BCUT2D eigenvalue weighted by Gasteiger charge is 2.15. The van der Waals surface area contributed by atoms with Crippen molar-refractivity contribution in [3.05, 3.63) is 34.3 Å². The van der Waals surface area contributed by atoms with Crippen molar-refractivity contribution >= 4 is 21.8 Å². The lowest BCUT2D eigenvalue weighted by atomic mass is 10.2. The number of hydrogen-bond donors (Lipinski definition) is 1. The average molecular weight is 313 g/mol. The van der Waals surface area contributed by atoms with Crippen LogP contribution in [0.2, 0.25) is 0 Å². The molecule has 0 radical (unpaired) electrons. The number of carbonyl (C=O) groups excluding carboxylic acids is 1. The third-order valence-corrected chi connectivity index (χ3v) is 3.41. The van der Waals surface area contributed by atoms with Gasteiger partial charge in [0.15, 0.2) is 0 Å². The van der Waals surface area contributed by atoms with E-state index in [4.69, 9.17) is 4.74 Å². The third-order valence-electron chi connectivity index (χ3n) is 2.88. The molecule has 2 rings (SSSR count). The number of hydrogen-bond acceptors (Lipinski definition) is 3. The molecule has 1 saturated heterocycles. The quantitative estimate of drug-likeness (QED) is 0.913. The van der Waals surface area contributed by atoms with Crippen LogP contribution in [0.3, 0.4) is 0 Å². The van der Waals surface area contributed by atoms with Crippen LogP contribution in [0.4, 0.5) is 0 Å². The lowest BCUT2D eigenvalue weighted by Crippen LogP contribution is -2.44. The van der Waals surface area contributed by atoms with Gasteiger partial charge in [-0.1, -0.05) is 28.1 Å². The van der Waals surface area contributed by atoms with Crippen molar-refractivity contribution in [2.24, 2.45) is 0 Å². The van der Waals surface area contributed by atoms with E-state index in [1.165, 1.54) is 5.56 Å². The van der Waals surface area contributed by atoms with Gasteiger partial charge in [-0.05, 0) is 17.7 Å². The lowest BCUT2D eigenvalue weighted by Gasteiger charge is -2.26. The molecule has 0 atom stereocenters. The Balaban J connectivity index is 1.71. The highest BCUT2D eigenvalue weighted by molar-refractivity contribution is 9.10. The third kappa shape index (κ3) is 4.08. The first-order valence-electron chi connectivity index (χ1n) is 6.06. The zero-order valence-corrected chi connectivity index (χ0v) is 11.8. The van der Waals surface area contributed by atoms with Crippen molar-refractivity contribution < 1.29 is 9.53 Å². The molecule has 1 fully saturated rings. The summed E-state index contributed by atoms with van der Waals surface area (Å²) < 4.78 is 6.28. The monoisotopic (exact) mass is 312 g/mol. The molecule has 1 heterocycles. The Morgan fingerprint density at radius 3 is 2.61 bits per heavy atom. The minimum atomic E-state index is 0.149.